The number of hydrogen-bond donors (Lipinski definition) is 1. The zero-order valence-corrected chi connectivity index (χ0v) is 28.8. The predicted molar refractivity (Wildman–Crippen MR) is 178 cm³/mol. The van der Waals surface area contributed by atoms with Gasteiger partial charge in [0.15, 0.2) is 0 Å². The van der Waals surface area contributed by atoms with Crippen molar-refractivity contribution in [2.24, 2.45) is 0 Å². The van der Waals surface area contributed by atoms with Gasteiger partial charge in [-0.2, -0.15) is 0 Å². The number of ether oxygens (including phenoxy) is 1. The highest BCUT2D eigenvalue weighted by Gasteiger charge is 2.34. The number of benzene rings is 3. The van der Waals surface area contributed by atoms with E-state index in [1.54, 1.807) is 55.5 Å². The minimum atomic E-state index is -4.24. The number of hydrogen-bond acceptors (Lipinski definition) is 5. The number of carbonyl (C=O) groups is 2. The van der Waals surface area contributed by atoms with E-state index < -0.39 is 28.5 Å². The van der Waals surface area contributed by atoms with E-state index in [0.29, 0.717) is 31.5 Å². The summed E-state index contributed by atoms with van der Waals surface area (Å²) >= 11 is 16.0. The highest BCUT2D eigenvalue weighted by atomic mass is 79.9. The maximum absolute atomic E-state index is 14.2. The smallest absolute Gasteiger partial charge is 0.264 e. The molecule has 8 nitrogen and oxygen atoms in total. The standard InChI is InChI=1S/C32H36BrCl2N3O5S/c1-21-9-13-26(14-10-21)38(44(41,42)27-15-16-30(43-3)28(33)18-27)20-31(39)37(19-23-11-12-24(34)17-29(23)35)22(2)32(40)36-25-7-5-4-6-8-25/h9-18,22,25H,4-8,19-20H2,1-3H3,(H,36,40)/t22-/m0/s1. The van der Waals surface area contributed by atoms with Gasteiger partial charge in [-0.3, -0.25) is 13.9 Å². The fourth-order valence-electron chi connectivity index (χ4n) is 5.16. The molecule has 1 N–H and O–H groups in total. The van der Waals surface area contributed by atoms with E-state index in [0.717, 1.165) is 42.0 Å². The van der Waals surface area contributed by atoms with Crippen LogP contribution in [0.1, 0.15) is 50.2 Å². The van der Waals surface area contributed by atoms with Crippen LogP contribution in [0, 0.1) is 6.92 Å². The monoisotopic (exact) mass is 723 g/mol. The third-order valence-corrected chi connectivity index (χ3v) is 10.8. The molecule has 0 saturated heterocycles. The van der Waals surface area contributed by atoms with Gasteiger partial charge in [0.2, 0.25) is 11.8 Å². The molecule has 1 fully saturated rings. The highest BCUT2D eigenvalue weighted by Crippen LogP contribution is 2.31. The van der Waals surface area contributed by atoms with Gasteiger partial charge in [0.25, 0.3) is 10.0 Å². The van der Waals surface area contributed by atoms with E-state index >= 15 is 0 Å². The first-order chi connectivity index (χ1) is 20.9. The summed E-state index contributed by atoms with van der Waals surface area (Å²) in [5.74, 6) is -0.413. The molecule has 0 unspecified atom stereocenters. The van der Waals surface area contributed by atoms with Gasteiger partial charge < -0.3 is 15.0 Å². The fraction of sp³-hybridized carbons (Fsp3) is 0.375. The topological polar surface area (TPSA) is 96.0 Å². The van der Waals surface area contributed by atoms with Gasteiger partial charge in [-0.05, 0) is 90.6 Å². The Bertz CT molecular complexity index is 1600. The lowest BCUT2D eigenvalue weighted by Gasteiger charge is -2.33. The van der Waals surface area contributed by atoms with Crippen molar-refractivity contribution in [2.75, 3.05) is 18.0 Å². The van der Waals surface area contributed by atoms with Crippen molar-refractivity contribution in [1.82, 2.24) is 10.2 Å². The molecule has 0 aliphatic heterocycles. The molecule has 0 bridgehead atoms. The number of halogens is 3. The van der Waals surface area contributed by atoms with Gasteiger partial charge in [-0.1, -0.05) is 66.2 Å². The first-order valence-electron chi connectivity index (χ1n) is 14.4. The SMILES string of the molecule is COc1ccc(S(=O)(=O)N(CC(=O)N(Cc2ccc(Cl)cc2Cl)[C@@H](C)C(=O)NC2CCCCC2)c2ccc(C)cc2)cc1Br. The molecule has 1 aliphatic carbocycles. The molecule has 2 amide bonds. The van der Waals surface area contributed by atoms with Gasteiger partial charge in [0, 0.05) is 22.6 Å². The fourth-order valence-corrected chi connectivity index (χ4v) is 7.76. The Balaban J connectivity index is 1.71. The molecule has 0 aromatic heterocycles. The molecular formula is C32H36BrCl2N3O5S. The summed E-state index contributed by atoms with van der Waals surface area (Å²) in [5, 5.41) is 3.86. The Hall–Kier alpha value is -2.79. The van der Waals surface area contributed by atoms with Crippen molar-refractivity contribution >= 4 is 66.7 Å². The van der Waals surface area contributed by atoms with Crippen LogP contribution in [0.25, 0.3) is 0 Å². The number of nitrogens with zero attached hydrogens (tertiary/aromatic N) is 2. The quantitative estimate of drug-likeness (QED) is 0.227. The summed E-state index contributed by atoms with van der Waals surface area (Å²) in [7, 11) is -2.76. The van der Waals surface area contributed by atoms with E-state index in [9.17, 15) is 18.0 Å². The molecule has 1 saturated carbocycles. The number of methoxy groups -OCH3 is 1. The molecule has 44 heavy (non-hydrogen) atoms. The minimum Gasteiger partial charge on any atom is -0.496 e. The number of sulfonamides is 1. The van der Waals surface area contributed by atoms with Crippen molar-refractivity contribution in [1.29, 1.82) is 0 Å². The van der Waals surface area contributed by atoms with E-state index in [-0.39, 0.29) is 23.4 Å². The zero-order chi connectivity index (χ0) is 32.0. The Morgan fingerprint density at radius 3 is 2.32 bits per heavy atom. The second-order valence-corrected chi connectivity index (χ2v) is 14.5. The summed E-state index contributed by atoms with van der Waals surface area (Å²) in [4.78, 5) is 29.0. The molecule has 0 spiro atoms. The molecule has 3 aromatic rings. The van der Waals surface area contributed by atoms with Gasteiger partial charge in [-0.15, -0.1) is 0 Å². The van der Waals surface area contributed by atoms with E-state index in [1.807, 2.05) is 6.92 Å². The third kappa shape index (κ3) is 8.27. The highest BCUT2D eigenvalue weighted by molar-refractivity contribution is 9.10. The number of rotatable bonds is 11. The lowest BCUT2D eigenvalue weighted by Crippen LogP contribution is -2.53. The van der Waals surface area contributed by atoms with Crippen LogP contribution in [0.2, 0.25) is 10.0 Å². The van der Waals surface area contributed by atoms with Crippen LogP contribution in [-0.2, 0) is 26.2 Å². The van der Waals surface area contributed by atoms with Crippen LogP contribution in [0.3, 0.4) is 0 Å². The van der Waals surface area contributed by atoms with Crippen molar-refractivity contribution < 1.29 is 22.7 Å². The Labute approximate surface area is 277 Å². The van der Waals surface area contributed by atoms with Crippen LogP contribution in [-0.4, -0.2) is 50.9 Å². The van der Waals surface area contributed by atoms with Crippen LogP contribution in [0.4, 0.5) is 5.69 Å². The summed E-state index contributed by atoms with van der Waals surface area (Å²) in [5.41, 5.74) is 1.81. The van der Waals surface area contributed by atoms with E-state index in [1.165, 1.54) is 24.1 Å². The molecule has 0 heterocycles. The lowest BCUT2D eigenvalue weighted by molar-refractivity contribution is -0.139. The van der Waals surface area contributed by atoms with Crippen LogP contribution in [0.15, 0.2) is 70.0 Å². The molecule has 1 aliphatic rings. The van der Waals surface area contributed by atoms with Gasteiger partial charge in [-0.25, -0.2) is 8.42 Å². The van der Waals surface area contributed by atoms with Crippen LogP contribution < -0.4 is 14.4 Å². The summed E-state index contributed by atoms with van der Waals surface area (Å²) in [6, 6.07) is 15.3. The first-order valence-corrected chi connectivity index (χ1v) is 17.4. The van der Waals surface area contributed by atoms with Crippen molar-refractivity contribution in [2.45, 2.75) is 69.5 Å². The molecule has 4 rings (SSSR count). The third-order valence-electron chi connectivity index (χ3n) is 7.79. The summed E-state index contributed by atoms with van der Waals surface area (Å²) in [6.07, 6.45) is 4.97. The van der Waals surface area contributed by atoms with Crippen LogP contribution in [0.5, 0.6) is 5.75 Å². The second kappa shape index (κ2) is 15.0. The van der Waals surface area contributed by atoms with Crippen molar-refractivity contribution in [3.63, 3.8) is 0 Å². The minimum absolute atomic E-state index is 0.0239. The number of nitrogens with one attached hydrogen (secondary N) is 1. The molecule has 1 atom stereocenters. The first kappa shape index (κ1) is 34.1. The number of carbonyl (C=O) groups excluding carboxylic acids is 2. The average Bonchev–Trinajstić information content (AvgIpc) is 3.00. The van der Waals surface area contributed by atoms with Crippen molar-refractivity contribution in [3.8, 4) is 5.75 Å². The summed E-state index contributed by atoms with van der Waals surface area (Å²) < 4.78 is 35.0. The molecule has 3 aromatic carbocycles. The Kier molecular flexibility index (Phi) is 11.6. The Morgan fingerprint density at radius 2 is 1.70 bits per heavy atom. The zero-order valence-electron chi connectivity index (χ0n) is 24.9. The average molecular weight is 726 g/mol. The Morgan fingerprint density at radius 1 is 1.02 bits per heavy atom. The van der Waals surface area contributed by atoms with Gasteiger partial charge in [0.05, 0.1) is 22.2 Å². The maximum Gasteiger partial charge on any atom is 0.264 e. The molecular weight excluding hydrogens is 689 g/mol. The molecule has 0 radical (unpaired) electrons. The number of anilines is 1. The number of amides is 2. The molecule has 236 valence electrons. The second-order valence-electron chi connectivity index (χ2n) is 10.9. The predicted octanol–water partition coefficient (Wildman–Crippen LogP) is 7.13. The number of aryl methyl sites for hydroxylation is 1. The lowest BCUT2D eigenvalue weighted by atomic mass is 9.95. The maximum atomic E-state index is 14.2. The van der Waals surface area contributed by atoms with Gasteiger partial charge >= 0.3 is 0 Å². The van der Waals surface area contributed by atoms with E-state index in [2.05, 4.69) is 21.2 Å². The molecule has 12 heteroatoms. The normalized spacial score (nSPS) is 14.5. The van der Waals surface area contributed by atoms with E-state index in [4.69, 9.17) is 27.9 Å². The van der Waals surface area contributed by atoms with Crippen molar-refractivity contribution in [3.05, 3.63) is 86.3 Å². The largest absolute Gasteiger partial charge is 0.496 e. The van der Waals surface area contributed by atoms with Crippen LogP contribution >= 0.6 is 39.1 Å². The summed E-state index contributed by atoms with van der Waals surface area (Å²) in [6.45, 7) is 2.95. The van der Waals surface area contributed by atoms with Gasteiger partial charge in [0.1, 0.15) is 18.3 Å².